The van der Waals surface area contributed by atoms with Crippen LogP contribution in [0.25, 0.3) is 5.69 Å². The van der Waals surface area contributed by atoms with Gasteiger partial charge in [-0.3, -0.25) is 14.5 Å². The summed E-state index contributed by atoms with van der Waals surface area (Å²) in [5, 5.41) is 10.3. The normalized spacial score (nSPS) is 19.5. The Kier molecular flexibility index (Phi) is 5.76. The zero-order valence-electron chi connectivity index (χ0n) is 19.7. The van der Waals surface area contributed by atoms with Crippen molar-refractivity contribution in [1.29, 1.82) is 0 Å². The lowest BCUT2D eigenvalue weighted by Gasteiger charge is -2.26. The van der Waals surface area contributed by atoms with E-state index in [2.05, 4.69) is 15.7 Å². The molecule has 180 valence electrons. The number of nitrogens with zero attached hydrogens (tertiary/aromatic N) is 3. The van der Waals surface area contributed by atoms with Gasteiger partial charge in [-0.05, 0) is 49.1 Å². The van der Waals surface area contributed by atoms with Crippen LogP contribution >= 0.6 is 0 Å². The standard InChI is InChI=1S/C26H27N5O4/c1-3-26(18-11-13-20(35-2)14-12-18)24(33)30(25(34)28-26)16-23(32)27-22-15-21(17-9-10-17)29-31(22)19-7-5-4-6-8-19/h4-8,11-15,17H,3,9-10,16H2,1-2H3,(H,27,32)(H,28,34). The third-order valence-electron chi connectivity index (χ3n) is 6.58. The first kappa shape index (κ1) is 22.6. The van der Waals surface area contributed by atoms with Gasteiger partial charge in [0.05, 0.1) is 18.5 Å². The summed E-state index contributed by atoms with van der Waals surface area (Å²) in [4.78, 5) is 40.2. The van der Waals surface area contributed by atoms with Gasteiger partial charge in [-0.2, -0.15) is 5.10 Å². The maximum Gasteiger partial charge on any atom is 0.325 e. The fraction of sp³-hybridized carbons (Fsp3) is 0.308. The van der Waals surface area contributed by atoms with Gasteiger partial charge in [0.2, 0.25) is 5.91 Å². The van der Waals surface area contributed by atoms with Crippen LogP contribution in [0.2, 0.25) is 0 Å². The van der Waals surface area contributed by atoms with Gasteiger partial charge in [0.25, 0.3) is 5.91 Å². The maximum atomic E-state index is 13.4. The highest BCUT2D eigenvalue weighted by Gasteiger charge is 2.51. The van der Waals surface area contributed by atoms with Gasteiger partial charge in [-0.25, -0.2) is 9.48 Å². The molecule has 1 unspecified atom stereocenters. The Balaban J connectivity index is 1.36. The number of hydrogen-bond acceptors (Lipinski definition) is 5. The number of imide groups is 1. The minimum Gasteiger partial charge on any atom is -0.497 e. The molecule has 2 heterocycles. The summed E-state index contributed by atoms with van der Waals surface area (Å²) in [6.45, 7) is 1.42. The van der Waals surface area contributed by atoms with Crippen LogP contribution in [0.1, 0.15) is 43.4 Å². The van der Waals surface area contributed by atoms with E-state index in [0.717, 1.165) is 29.1 Å². The lowest BCUT2D eigenvalue weighted by molar-refractivity contribution is -0.134. The van der Waals surface area contributed by atoms with E-state index in [1.54, 1.807) is 36.1 Å². The van der Waals surface area contributed by atoms with Crippen LogP contribution in [0.15, 0.2) is 60.7 Å². The van der Waals surface area contributed by atoms with Crippen molar-refractivity contribution in [3.05, 3.63) is 71.9 Å². The van der Waals surface area contributed by atoms with Crippen LogP contribution in [0.4, 0.5) is 10.6 Å². The van der Waals surface area contributed by atoms with Gasteiger partial charge >= 0.3 is 6.03 Å². The van der Waals surface area contributed by atoms with E-state index in [1.807, 2.05) is 43.3 Å². The molecule has 1 aliphatic heterocycles. The van der Waals surface area contributed by atoms with Gasteiger partial charge in [0.15, 0.2) is 0 Å². The Morgan fingerprint density at radius 2 is 1.86 bits per heavy atom. The van der Waals surface area contributed by atoms with Crippen LogP contribution in [-0.4, -0.2) is 46.2 Å². The number of methoxy groups -OCH3 is 1. The van der Waals surface area contributed by atoms with Crippen LogP contribution in [0, 0.1) is 0 Å². The molecule has 4 amide bonds. The number of carbonyl (C=O) groups excluding carboxylic acids is 3. The minimum absolute atomic E-state index is 0.341. The molecule has 1 saturated heterocycles. The SMILES string of the molecule is CCC1(c2ccc(OC)cc2)NC(=O)N(CC(=O)Nc2cc(C3CC3)nn2-c2ccccc2)C1=O. The van der Waals surface area contributed by atoms with E-state index in [4.69, 9.17) is 4.74 Å². The summed E-state index contributed by atoms with van der Waals surface area (Å²) in [7, 11) is 1.56. The first-order valence-electron chi connectivity index (χ1n) is 11.7. The van der Waals surface area contributed by atoms with Crippen molar-refractivity contribution in [2.24, 2.45) is 0 Å². The third kappa shape index (κ3) is 4.14. The number of benzene rings is 2. The van der Waals surface area contributed by atoms with Crippen molar-refractivity contribution in [2.45, 2.75) is 37.6 Å². The average molecular weight is 474 g/mol. The molecule has 2 fully saturated rings. The molecule has 2 aliphatic rings. The zero-order valence-corrected chi connectivity index (χ0v) is 19.7. The number of amides is 4. The predicted molar refractivity (Wildman–Crippen MR) is 129 cm³/mol. The molecule has 1 atom stereocenters. The number of urea groups is 1. The lowest BCUT2D eigenvalue weighted by atomic mass is 9.87. The first-order valence-corrected chi connectivity index (χ1v) is 11.7. The number of para-hydroxylation sites is 1. The van der Waals surface area contributed by atoms with E-state index >= 15 is 0 Å². The van der Waals surface area contributed by atoms with Crippen LogP contribution in [0.5, 0.6) is 5.75 Å². The van der Waals surface area contributed by atoms with Gasteiger partial charge in [-0.1, -0.05) is 37.3 Å². The molecular weight excluding hydrogens is 446 g/mol. The fourth-order valence-corrected chi connectivity index (χ4v) is 4.44. The molecule has 35 heavy (non-hydrogen) atoms. The second-order valence-corrected chi connectivity index (χ2v) is 8.83. The molecule has 1 aromatic heterocycles. The molecule has 1 aliphatic carbocycles. The Labute approximate surface area is 203 Å². The first-order chi connectivity index (χ1) is 16.9. The quantitative estimate of drug-likeness (QED) is 0.487. The Morgan fingerprint density at radius 1 is 1.14 bits per heavy atom. The van der Waals surface area contributed by atoms with E-state index < -0.39 is 29.9 Å². The van der Waals surface area contributed by atoms with Crippen LogP contribution in [0.3, 0.4) is 0 Å². The molecule has 2 N–H and O–H groups in total. The van der Waals surface area contributed by atoms with Gasteiger partial charge in [-0.15, -0.1) is 0 Å². The maximum absolute atomic E-state index is 13.4. The average Bonchev–Trinajstić information content (AvgIpc) is 3.61. The lowest BCUT2D eigenvalue weighted by Crippen LogP contribution is -2.44. The summed E-state index contributed by atoms with van der Waals surface area (Å²) < 4.78 is 6.88. The summed E-state index contributed by atoms with van der Waals surface area (Å²) in [5.41, 5.74) is 1.14. The number of ether oxygens (including phenoxy) is 1. The molecular formula is C26H27N5O4. The molecule has 9 nitrogen and oxygen atoms in total. The molecule has 0 spiro atoms. The predicted octanol–water partition coefficient (Wildman–Crippen LogP) is 3.55. The van der Waals surface area contributed by atoms with Crippen molar-refractivity contribution < 1.29 is 19.1 Å². The molecule has 9 heteroatoms. The van der Waals surface area contributed by atoms with Crippen molar-refractivity contribution in [3.8, 4) is 11.4 Å². The Hall–Kier alpha value is -4.14. The molecule has 3 aromatic rings. The molecule has 1 saturated carbocycles. The van der Waals surface area contributed by atoms with E-state index in [0.29, 0.717) is 29.5 Å². The topological polar surface area (TPSA) is 106 Å². The second kappa shape index (κ2) is 8.90. The highest BCUT2D eigenvalue weighted by Crippen LogP contribution is 2.40. The van der Waals surface area contributed by atoms with E-state index in [1.165, 1.54) is 0 Å². The number of rotatable bonds is 8. The Bertz CT molecular complexity index is 1270. The smallest absolute Gasteiger partial charge is 0.325 e. The summed E-state index contributed by atoms with van der Waals surface area (Å²) in [6, 6.07) is 17.8. The van der Waals surface area contributed by atoms with Crippen molar-refractivity contribution in [1.82, 2.24) is 20.0 Å². The van der Waals surface area contributed by atoms with Gasteiger partial charge in [0.1, 0.15) is 23.7 Å². The zero-order chi connectivity index (χ0) is 24.6. The van der Waals surface area contributed by atoms with Crippen LogP contribution in [-0.2, 0) is 15.1 Å². The molecule has 0 radical (unpaired) electrons. The van der Waals surface area contributed by atoms with Crippen molar-refractivity contribution >= 4 is 23.7 Å². The third-order valence-corrected chi connectivity index (χ3v) is 6.58. The fourth-order valence-electron chi connectivity index (χ4n) is 4.44. The highest BCUT2D eigenvalue weighted by atomic mass is 16.5. The number of nitrogens with one attached hydrogen (secondary N) is 2. The second-order valence-electron chi connectivity index (χ2n) is 8.83. The van der Waals surface area contributed by atoms with E-state index in [-0.39, 0.29) is 0 Å². The number of carbonyl (C=O) groups is 3. The Morgan fingerprint density at radius 3 is 2.49 bits per heavy atom. The van der Waals surface area contributed by atoms with Crippen molar-refractivity contribution in [2.75, 3.05) is 19.0 Å². The number of aromatic nitrogens is 2. The monoisotopic (exact) mass is 473 g/mol. The minimum atomic E-state index is -1.23. The summed E-state index contributed by atoms with van der Waals surface area (Å²) in [6.07, 6.45) is 2.49. The largest absolute Gasteiger partial charge is 0.497 e. The summed E-state index contributed by atoms with van der Waals surface area (Å²) in [5.74, 6) is 0.618. The van der Waals surface area contributed by atoms with Gasteiger partial charge in [0, 0.05) is 12.0 Å². The van der Waals surface area contributed by atoms with Crippen LogP contribution < -0.4 is 15.4 Å². The molecule has 5 rings (SSSR count). The summed E-state index contributed by atoms with van der Waals surface area (Å²) >= 11 is 0. The highest BCUT2D eigenvalue weighted by molar-refractivity contribution is 6.10. The van der Waals surface area contributed by atoms with Gasteiger partial charge < -0.3 is 15.4 Å². The molecule has 2 aromatic carbocycles. The van der Waals surface area contributed by atoms with E-state index in [9.17, 15) is 14.4 Å². The van der Waals surface area contributed by atoms with Crippen molar-refractivity contribution in [3.63, 3.8) is 0 Å². The molecule has 0 bridgehead atoms. The number of anilines is 1. The number of hydrogen-bond donors (Lipinski definition) is 2.